The number of nitrogens with zero attached hydrogens (tertiary/aromatic N) is 2. The Hall–Kier alpha value is -0.760. The van der Waals surface area contributed by atoms with Crippen LogP contribution in [0.25, 0.3) is 0 Å². The molecule has 136 valence electrons. The second-order valence-corrected chi connectivity index (χ2v) is 10.9. The first kappa shape index (κ1) is 19.0. The molecule has 9 heteroatoms. The van der Waals surface area contributed by atoms with Gasteiger partial charge >= 0.3 is 0 Å². The Morgan fingerprint density at radius 1 is 1.36 bits per heavy atom. The highest BCUT2D eigenvalue weighted by molar-refractivity contribution is 8.16. The Morgan fingerprint density at radius 2 is 2.08 bits per heavy atom. The summed E-state index contributed by atoms with van der Waals surface area (Å²) < 4.78 is 24.1. The zero-order chi connectivity index (χ0) is 18.4. The summed E-state index contributed by atoms with van der Waals surface area (Å²) in [5.41, 5.74) is 0.624. The van der Waals surface area contributed by atoms with Crippen LogP contribution < -0.4 is 4.90 Å². The second-order valence-electron chi connectivity index (χ2n) is 6.65. The van der Waals surface area contributed by atoms with Crippen molar-refractivity contribution in [3.05, 3.63) is 28.2 Å². The van der Waals surface area contributed by atoms with Gasteiger partial charge < -0.3 is 4.90 Å². The minimum Gasteiger partial charge on any atom is -0.314 e. The molecule has 3 rings (SSSR count). The van der Waals surface area contributed by atoms with Gasteiger partial charge in [-0.25, -0.2) is 8.42 Å². The van der Waals surface area contributed by atoms with E-state index in [2.05, 4.69) is 4.99 Å². The first-order chi connectivity index (χ1) is 11.7. The fourth-order valence-electron chi connectivity index (χ4n) is 3.02. The molecule has 0 aliphatic carbocycles. The fourth-order valence-corrected chi connectivity index (χ4v) is 7.45. The van der Waals surface area contributed by atoms with Crippen molar-refractivity contribution in [2.24, 2.45) is 10.9 Å². The molecule has 1 amide bonds. The van der Waals surface area contributed by atoms with E-state index >= 15 is 0 Å². The summed E-state index contributed by atoms with van der Waals surface area (Å²) in [7, 11) is -3.11. The molecule has 1 aromatic carbocycles. The van der Waals surface area contributed by atoms with E-state index in [1.807, 2.05) is 13.8 Å². The number of carbonyl (C=O) groups excluding carboxylic acids is 1. The number of amidine groups is 1. The van der Waals surface area contributed by atoms with Gasteiger partial charge in [-0.2, -0.15) is 4.99 Å². The molecule has 2 atom stereocenters. The number of amides is 1. The van der Waals surface area contributed by atoms with Gasteiger partial charge in [0.2, 0.25) is 5.91 Å². The van der Waals surface area contributed by atoms with Crippen molar-refractivity contribution in [2.45, 2.75) is 31.6 Å². The number of halogens is 2. The number of anilines is 1. The van der Waals surface area contributed by atoms with E-state index in [-0.39, 0.29) is 34.6 Å². The molecule has 5 nitrogen and oxygen atoms in total. The van der Waals surface area contributed by atoms with Crippen LogP contribution in [-0.2, 0) is 14.6 Å². The molecule has 2 aliphatic rings. The van der Waals surface area contributed by atoms with Crippen LogP contribution in [0.3, 0.4) is 0 Å². The van der Waals surface area contributed by atoms with E-state index in [1.54, 1.807) is 23.1 Å². The van der Waals surface area contributed by atoms with E-state index in [0.29, 0.717) is 27.3 Å². The van der Waals surface area contributed by atoms with Crippen LogP contribution in [0.1, 0.15) is 20.3 Å². The maximum absolute atomic E-state index is 12.2. The SMILES string of the molecule is CC(C)CC(=O)N=C1SC2CS(=O)(=O)CC2N1c1ccc(Cl)cc1Cl. The van der Waals surface area contributed by atoms with E-state index < -0.39 is 9.84 Å². The Kier molecular flexibility index (Phi) is 5.40. The van der Waals surface area contributed by atoms with Crippen LogP contribution >= 0.6 is 35.0 Å². The molecule has 2 heterocycles. The highest BCUT2D eigenvalue weighted by atomic mass is 35.5. The third kappa shape index (κ3) is 4.15. The highest BCUT2D eigenvalue weighted by Crippen LogP contribution is 2.43. The first-order valence-electron chi connectivity index (χ1n) is 7.89. The molecule has 0 aromatic heterocycles. The molecule has 2 fully saturated rings. The molecule has 2 saturated heterocycles. The Balaban J connectivity index is 2.01. The van der Waals surface area contributed by atoms with Gasteiger partial charge in [0.1, 0.15) is 0 Å². The lowest BCUT2D eigenvalue weighted by atomic mass is 10.1. The van der Waals surface area contributed by atoms with E-state index in [9.17, 15) is 13.2 Å². The van der Waals surface area contributed by atoms with E-state index in [1.165, 1.54) is 11.8 Å². The average Bonchev–Trinajstić information content (AvgIpc) is 2.90. The van der Waals surface area contributed by atoms with E-state index in [4.69, 9.17) is 23.2 Å². The normalized spacial score (nSPS) is 26.4. The third-order valence-electron chi connectivity index (χ3n) is 4.04. The van der Waals surface area contributed by atoms with Crippen LogP contribution in [0.15, 0.2) is 23.2 Å². The largest absolute Gasteiger partial charge is 0.314 e. The Morgan fingerprint density at radius 3 is 2.72 bits per heavy atom. The lowest BCUT2D eigenvalue weighted by molar-refractivity contribution is -0.118. The van der Waals surface area contributed by atoms with Crippen molar-refractivity contribution < 1.29 is 13.2 Å². The van der Waals surface area contributed by atoms with Crippen LogP contribution in [0.5, 0.6) is 0 Å². The number of carbonyl (C=O) groups is 1. The number of fused-ring (bicyclic) bond motifs is 1. The predicted octanol–water partition coefficient (Wildman–Crippen LogP) is 3.64. The molecule has 0 radical (unpaired) electrons. The van der Waals surface area contributed by atoms with Crippen molar-refractivity contribution in [1.29, 1.82) is 0 Å². The maximum Gasteiger partial charge on any atom is 0.248 e. The minimum atomic E-state index is -3.11. The van der Waals surface area contributed by atoms with Gasteiger partial charge in [0.15, 0.2) is 15.0 Å². The van der Waals surface area contributed by atoms with Crippen molar-refractivity contribution in [3.63, 3.8) is 0 Å². The van der Waals surface area contributed by atoms with Gasteiger partial charge in [-0.05, 0) is 24.1 Å². The lowest BCUT2D eigenvalue weighted by Gasteiger charge is -2.25. The number of benzene rings is 1. The quantitative estimate of drug-likeness (QED) is 0.746. The fraction of sp³-hybridized carbons (Fsp3) is 0.500. The summed E-state index contributed by atoms with van der Waals surface area (Å²) in [6.45, 7) is 3.91. The summed E-state index contributed by atoms with van der Waals surface area (Å²) in [6, 6.07) is 4.76. The minimum absolute atomic E-state index is 0.0288. The van der Waals surface area contributed by atoms with Gasteiger partial charge in [0.05, 0.1) is 28.3 Å². The van der Waals surface area contributed by atoms with Crippen LogP contribution in [-0.4, -0.2) is 42.3 Å². The summed E-state index contributed by atoms with van der Waals surface area (Å²) in [5.74, 6) is 0.105. The molecule has 2 unspecified atom stereocenters. The molecule has 2 aliphatic heterocycles. The lowest BCUT2D eigenvalue weighted by Crippen LogP contribution is -2.38. The van der Waals surface area contributed by atoms with Gasteiger partial charge in [0.25, 0.3) is 0 Å². The molecule has 0 saturated carbocycles. The van der Waals surface area contributed by atoms with Gasteiger partial charge in [-0.15, -0.1) is 0 Å². The summed E-state index contributed by atoms with van der Waals surface area (Å²) in [6.07, 6.45) is 0.347. The Bertz CT molecular complexity index is 840. The standard InChI is InChI=1S/C16H18Cl2N2O3S2/c1-9(2)5-15(21)19-16-20(12-4-3-10(17)6-11(12)18)13-7-25(22,23)8-14(13)24-16/h3-4,6,9,13-14H,5,7-8H2,1-2H3. The second kappa shape index (κ2) is 7.10. The van der Waals surface area contributed by atoms with Crippen molar-refractivity contribution in [1.82, 2.24) is 0 Å². The van der Waals surface area contributed by atoms with Crippen LogP contribution in [0.4, 0.5) is 5.69 Å². The molecule has 0 spiro atoms. The zero-order valence-electron chi connectivity index (χ0n) is 13.8. The van der Waals surface area contributed by atoms with Crippen molar-refractivity contribution in [2.75, 3.05) is 16.4 Å². The highest BCUT2D eigenvalue weighted by Gasteiger charge is 2.49. The smallest absolute Gasteiger partial charge is 0.248 e. The van der Waals surface area contributed by atoms with Crippen molar-refractivity contribution >= 4 is 61.6 Å². The van der Waals surface area contributed by atoms with Crippen molar-refractivity contribution in [3.8, 4) is 0 Å². The summed E-state index contributed by atoms with van der Waals surface area (Å²) >= 11 is 13.6. The van der Waals surface area contributed by atoms with Gasteiger partial charge in [-0.1, -0.05) is 48.8 Å². The van der Waals surface area contributed by atoms with E-state index in [0.717, 1.165) is 0 Å². The number of hydrogen-bond donors (Lipinski definition) is 0. The molecule has 1 aromatic rings. The van der Waals surface area contributed by atoms with Crippen LogP contribution in [0, 0.1) is 5.92 Å². The number of hydrogen-bond acceptors (Lipinski definition) is 4. The van der Waals surface area contributed by atoms with Gasteiger partial charge in [-0.3, -0.25) is 4.79 Å². The monoisotopic (exact) mass is 420 g/mol. The third-order valence-corrected chi connectivity index (χ3v) is 7.79. The number of aliphatic imine (C=N–C) groups is 1. The van der Waals surface area contributed by atoms with Gasteiger partial charge in [0, 0.05) is 16.7 Å². The Labute approximate surface area is 161 Å². The maximum atomic E-state index is 12.2. The van der Waals surface area contributed by atoms with Crippen LogP contribution in [0.2, 0.25) is 10.0 Å². The predicted molar refractivity (Wildman–Crippen MR) is 105 cm³/mol. The average molecular weight is 421 g/mol. The molecule has 25 heavy (non-hydrogen) atoms. The topological polar surface area (TPSA) is 66.8 Å². The first-order valence-corrected chi connectivity index (χ1v) is 11.3. The summed E-state index contributed by atoms with van der Waals surface area (Å²) in [5, 5.41) is 1.26. The summed E-state index contributed by atoms with van der Waals surface area (Å²) in [4.78, 5) is 18.2. The number of thioether (sulfide) groups is 1. The zero-order valence-corrected chi connectivity index (χ0v) is 16.9. The molecule has 0 N–H and O–H groups in total. The molecular weight excluding hydrogens is 403 g/mol. The molecule has 0 bridgehead atoms. The number of rotatable bonds is 3. The number of sulfone groups is 1. The molecular formula is C16H18Cl2N2O3S2.